The lowest BCUT2D eigenvalue weighted by Crippen LogP contribution is -2.16. The molecule has 1 aromatic heterocycles. The first-order valence-corrected chi connectivity index (χ1v) is 17.5. The highest BCUT2D eigenvalue weighted by molar-refractivity contribution is 6.26. The van der Waals surface area contributed by atoms with Crippen molar-refractivity contribution in [2.24, 2.45) is 0 Å². The average molecular weight is 671 g/mol. The summed E-state index contributed by atoms with van der Waals surface area (Å²) in [5.74, 6) is 0. The molecule has 0 unspecified atom stereocenters. The van der Waals surface area contributed by atoms with Crippen molar-refractivity contribution in [3.05, 3.63) is 181 Å². The standard InChI is InChI=1S/C51H34O/c1-51(2)44-23-10-9-15-36(44)41-21-11-20-35(50(41)51)31-25-27-32(28-26-31)47-37-16-5-7-18-39(37)48(40-19-8-6-17-38(40)47)42-22-12-24-45-49(42)43-29-33-13-3-4-14-34(33)30-46(43)52-45/h3-30H,1-2H3/i5D,6D,7D,8D,16D,17D,18D,19D. The highest BCUT2D eigenvalue weighted by Gasteiger charge is 2.37. The number of furan rings is 1. The number of hydrogen-bond donors (Lipinski definition) is 0. The van der Waals surface area contributed by atoms with Crippen molar-refractivity contribution in [3.63, 3.8) is 0 Å². The molecule has 1 aliphatic rings. The molecular formula is C51H34O. The Hall–Kier alpha value is -6.44. The Morgan fingerprint density at radius 3 is 1.75 bits per heavy atom. The van der Waals surface area contributed by atoms with Gasteiger partial charge in [-0.25, -0.2) is 0 Å². The smallest absolute Gasteiger partial charge is 0.136 e. The maximum atomic E-state index is 9.52. The summed E-state index contributed by atoms with van der Waals surface area (Å²) in [6, 6.07) is 37.1. The Bertz CT molecular complexity index is 3470. The third-order valence-electron chi connectivity index (χ3n) is 11.1. The Balaban J connectivity index is 1.25. The first-order chi connectivity index (χ1) is 28.9. The first kappa shape index (κ1) is 22.4. The molecule has 0 amide bonds. The van der Waals surface area contributed by atoms with Crippen LogP contribution in [0.4, 0.5) is 0 Å². The maximum Gasteiger partial charge on any atom is 0.136 e. The molecule has 52 heavy (non-hydrogen) atoms. The second-order valence-corrected chi connectivity index (χ2v) is 14.2. The summed E-state index contributed by atoms with van der Waals surface area (Å²) in [5.41, 5.74) is 9.52. The molecule has 0 atom stereocenters. The van der Waals surface area contributed by atoms with Gasteiger partial charge in [0.05, 0.1) is 11.0 Å². The van der Waals surface area contributed by atoms with Crippen LogP contribution < -0.4 is 0 Å². The zero-order valence-electron chi connectivity index (χ0n) is 36.5. The molecule has 1 nitrogen and oxygen atoms in total. The van der Waals surface area contributed by atoms with Gasteiger partial charge in [0.25, 0.3) is 0 Å². The van der Waals surface area contributed by atoms with Crippen molar-refractivity contribution in [1.29, 1.82) is 0 Å². The van der Waals surface area contributed by atoms with Crippen LogP contribution in [0.3, 0.4) is 0 Å². The molecule has 1 heteroatoms. The summed E-state index contributed by atoms with van der Waals surface area (Å²) < 4.78 is 80.2. The van der Waals surface area contributed by atoms with E-state index in [1.807, 2.05) is 78.9 Å². The molecule has 0 bridgehead atoms. The van der Waals surface area contributed by atoms with E-state index in [0.717, 1.165) is 27.3 Å². The summed E-state index contributed by atoms with van der Waals surface area (Å²) in [6.07, 6.45) is 0. The molecule has 0 spiro atoms. The molecule has 0 radical (unpaired) electrons. The van der Waals surface area contributed by atoms with Crippen molar-refractivity contribution in [3.8, 4) is 44.5 Å². The molecule has 0 N–H and O–H groups in total. The fourth-order valence-electron chi connectivity index (χ4n) is 8.81. The summed E-state index contributed by atoms with van der Waals surface area (Å²) in [7, 11) is 0. The van der Waals surface area contributed by atoms with Crippen LogP contribution in [0.15, 0.2) is 174 Å². The largest absolute Gasteiger partial charge is 0.456 e. The van der Waals surface area contributed by atoms with Crippen LogP contribution in [0.2, 0.25) is 0 Å². The zero-order chi connectivity index (χ0) is 41.5. The number of hydrogen-bond acceptors (Lipinski definition) is 1. The van der Waals surface area contributed by atoms with Crippen LogP contribution in [0.1, 0.15) is 35.9 Å². The van der Waals surface area contributed by atoms with Gasteiger partial charge >= 0.3 is 0 Å². The number of fused-ring (bicyclic) bond motifs is 9. The summed E-state index contributed by atoms with van der Waals surface area (Å²) in [4.78, 5) is 0. The second kappa shape index (κ2) is 10.8. The van der Waals surface area contributed by atoms with Gasteiger partial charge in [0.15, 0.2) is 0 Å². The fourth-order valence-corrected chi connectivity index (χ4v) is 8.81. The highest BCUT2D eigenvalue weighted by atomic mass is 16.3. The Morgan fingerprint density at radius 1 is 0.462 bits per heavy atom. The van der Waals surface area contributed by atoms with E-state index < -0.39 is 24.2 Å². The van der Waals surface area contributed by atoms with E-state index in [0.29, 0.717) is 38.8 Å². The van der Waals surface area contributed by atoms with E-state index in [1.54, 1.807) is 0 Å². The fraction of sp³-hybridized carbons (Fsp3) is 0.0588. The molecule has 11 rings (SSSR count). The van der Waals surface area contributed by atoms with Crippen molar-refractivity contribution in [1.82, 2.24) is 0 Å². The number of benzene rings is 9. The molecular weight excluding hydrogens is 629 g/mol. The van der Waals surface area contributed by atoms with Gasteiger partial charge in [-0.2, -0.15) is 0 Å². The topological polar surface area (TPSA) is 13.1 Å². The lowest BCUT2D eigenvalue weighted by molar-refractivity contribution is 0.662. The average Bonchev–Trinajstić information content (AvgIpc) is 3.75. The molecule has 0 saturated carbocycles. The molecule has 0 aliphatic heterocycles. The molecule has 0 saturated heterocycles. The van der Waals surface area contributed by atoms with Gasteiger partial charge in [0.2, 0.25) is 0 Å². The minimum absolute atomic E-state index is 0.167. The predicted octanol–water partition coefficient (Wildman–Crippen LogP) is 14.4. The summed E-state index contributed by atoms with van der Waals surface area (Å²) >= 11 is 0. The van der Waals surface area contributed by atoms with Crippen LogP contribution in [-0.4, -0.2) is 0 Å². The van der Waals surface area contributed by atoms with Crippen LogP contribution in [0, 0.1) is 0 Å². The van der Waals surface area contributed by atoms with Gasteiger partial charge < -0.3 is 4.42 Å². The first-order valence-electron chi connectivity index (χ1n) is 21.5. The SMILES string of the molecule is [2H]c1c([2H])c([2H])c2c(-c3cccc4oc5cc6ccccc6cc5c34)c3c([2H])c([2H])c([2H])c([2H])c3c(-c3ccc(-c4cccc5c4C(C)(C)c4ccccc4-5)cc3)c2c1[2H]. The lowest BCUT2D eigenvalue weighted by Gasteiger charge is -2.24. The summed E-state index contributed by atoms with van der Waals surface area (Å²) in [5, 5.41) is 4.11. The second-order valence-electron chi connectivity index (χ2n) is 14.2. The van der Waals surface area contributed by atoms with Crippen LogP contribution in [0.5, 0.6) is 0 Å². The molecule has 1 aliphatic carbocycles. The molecule has 0 fully saturated rings. The third-order valence-corrected chi connectivity index (χ3v) is 11.1. The van der Waals surface area contributed by atoms with Gasteiger partial charge in [-0.15, -0.1) is 0 Å². The van der Waals surface area contributed by atoms with Gasteiger partial charge in [-0.1, -0.05) is 165 Å². The monoisotopic (exact) mass is 670 g/mol. The van der Waals surface area contributed by atoms with Crippen molar-refractivity contribution < 1.29 is 15.4 Å². The normalized spacial score (nSPS) is 15.5. The minimum atomic E-state index is -0.438. The van der Waals surface area contributed by atoms with Gasteiger partial charge in [0, 0.05) is 16.2 Å². The van der Waals surface area contributed by atoms with Crippen molar-refractivity contribution in [2.75, 3.05) is 0 Å². The molecule has 10 aromatic rings. The molecule has 1 heterocycles. The van der Waals surface area contributed by atoms with Gasteiger partial charge in [-0.3, -0.25) is 0 Å². The predicted molar refractivity (Wildman–Crippen MR) is 220 cm³/mol. The van der Waals surface area contributed by atoms with Gasteiger partial charge in [-0.05, 0) is 106 Å². The summed E-state index contributed by atoms with van der Waals surface area (Å²) in [6.45, 7) is 4.48. The molecule has 244 valence electrons. The van der Waals surface area contributed by atoms with E-state index in [9.17, 15) is 5.48 Å². The quantitative estimate of drug-likeness (QED) is 0.171. The van der Waals surface area contributed by atoms with Gasteiger partial charge in [0.1, 0.15) is 11.2 Å². The molecule has 9 aromatic carbocycles. The van der Waals surface area contributed by atoms with Crippen LogP contribution in [-0.2, 0) is 5.41 Å². The Morgan fingerprint density at radius 2 is 1.02 bits per heavy atom. The Labute approximate surface area is 313 Å². The Kier molecular flexibility index (Phi) is 4.64. The number of rotatable bonds is 3. The lowest BCUT2D eigenvalue weighted by atomic mass is 9.78. The maximum absolute atomic E-state index is 9.52. The van der Waals surface area contributed by atoms with Crippen molar-refractivity contribution >= 4 is 54.3 Å². The minimum Gasteiger partial charge on any atom is -0.456 e. The van der Waals surface area contributed by atoms with E-state index in [2.05, 4.69) is 56.3 Å². The van der Waals surface area contributed by atoms with Crippen molar-refractivity contribution in [2.45, 2.75) is 19.3 Å². The van der Waals surface area contributed by atoms with E-state index in [1.165, 1.54) is 22.3 Å². The van der Waals surface area contributed by atoms with E-state index in [4.69, 9.17) is 9.90 Å². The zero-order valence-corrected chi connectivity index (χ0v) is 28.5. The third kappa shape index (κ3) is 4.05. The van der Waals surface area contributed by atoms with E-state index >= 15 is 0 Å². The van der Waals surface area contributed by atoms with E-state index in [-0.39, 0.29) is 51.1 Å². The highest BCUT2D eigenvalue weighted by Crippen LogP contribution is 2.52. The van der Waals surface area contributed by atoms with Crippen LogP contribution in [0.25, 0.3) is 98.8 Å². The van der Waals surface area contributed by atoms with Crippen LogP contribution >= 0.6 is 0 Å².